The Bertz CT molecular complexity index is 754. The normalized spacial score (nSPS) is 17.5. The highest BCUT2D eigenvalue weighted by Gasteiger charge is 2.29. The number of nitrogens with two attached hydrogens (primary N) is 1. The lowest BCUT2D eigenvalue weighted by atomic mass is 10.1. The van der Waals surface area contributed by atoms with Gasteiger partial charge in [-0.3, -0.25) is 0 Å². The van der Waals surface area contributed by atoms with Crippen molar-refractivity contribution in [2.24, 2.45) is 5.73 Å². The zero-order chi connectivity index (χ0) is 15.0. The SMILES string of the molecule is CCc1noc2ncc(S(=O)(=O)N3CCC(N)CC3)cc12.Cl. The summed E-state index contributed by atoms with van der Waals surface area (Å²) in [6.45, 7) is 2.84. The van der Waals surface area contributed by atoms with Gasteiger partial charge in [0.2, 0.25) is 10.0 Å². The largest absolute Gasteiger partial charge is 0.336 e. The Labute approximate surface area is 135 Å². The summed E-state index contributed by atoms with van der Waals surface area (Å²) in [5.41, 5.74) is 6.91. The Balaban J connectivity index is 0.00000176. The third kappa shape index (κ3) is 2.96. The Hall–Kier alpha value is -1.22. The van der Waals surface area contributed by atoms with Gasteiger partial charge in [-0.25, -0.2) is 13.4 Å². The monoisotopic (exact) mass is 346 g/mol. The number of aromatic nitrogens is 2. The lowest BCUT2D eigenvalue weighted by Crippen LogP contribution is -2.42. The maximum atomic E-state index is 12.7. The maximum Gasteiger partial charge on any atom is 0.258 e. The average Bonchev–Trinajstić information content (AvgIpc) is 2.89. The molecule has 1 saturated heterocycles. The zero-order valence-electron chi connectivity index (χ0n) is 12.2. The van der Waals surface area contributed by atoms with Crippen molar-refractivity contribution in [3.63, 3.8) is 0 Å². The molecule has 1 aliphatic heterocycles. The van der Waals surface area contributed by atoms with Crippen LogP contribution in [0.4, 0.5) is 0 Å². The van der Waals surface area contributed by atoms with E-state index in [9.17, 15) is 8.42 Å². The van der Waals surface area contributed by atoms with Crippen LogP contribution in [0, 0.1) is 0 Å². The number of sulfonamides is 1. The zero-order valence-corrected chi connectivity index (χ0v) is 13.9. The van der Waals surface area contributed by atoms with E-state index in [4.69, 9.17) is 10.3 Å². The van der Waals surface area contributed by atoms with Crippen LogP contribution in [0.15, 0.2) is 21.7 Å². The Morgan fingerprint density at radius 1 is 1.41 bits per heavy atom. The molecule has 9 heteroatoms. The molecule has 1 fully saturated rings. The van der Waals surface area contributed by atoms with Crippen molar-refractivity contribution in [2.75, 3.05) is 13.1 Å². The summed E-state index contributed by atoms with van der Waals surface area (Å²) in [5.74, 6) is 0. The molecule has 0 aliphatic carbocycles. The maximum absolute atomic E-state index is 12.7. The molecule has 3 rings (SSSR count). The van der Waals surface area contributed by atoms with Crippen LogP contribution < -0.4 is 5.73 Å². The van der Waals surface area contributed by atoms with E-state index in [2.05, 4.69) is 10.1 Å². The Morgan fingerprint density at radius 2 is 2.09 bits per heavy atom. The van der Waals surface area contributed by atoms with Crippen LogP contribution in [0.1, 0.15) is 25.5 Å². The molecule has 3 heterocycles. The molecule has 0 amide bonds. The van der Waals surface area contributed by atoms with Gasteiger partial charge < -0.3 is 10.3 Å². The molecule has 2 aromatic heterocycles. The van der Waals surface area contributed by atoms with Gasteiger partial charge in [0.25, 0.3) is 5.71 Å². The van der Waals surface area contributed by atoms with Crippen LogP contribution >= 0.6 is 12.4 Å². The van der Waals surface area contributed by atoms with E-state index in [1.165, 1.54) is 10.5 Å². The van der Waals surface area contributed by atoms with Crippen molar-refractivity contribution in [3.8, 4) is 0 Å². The summed E-state index contributed by atoms with van der Waals surface area (Å²) in [4.78, 5) is 4.25. The van der Waals surface area contributed by atoms with Crippen molar-refractivity contribution in [2.45, 2.75) is 37.1 Å². The first-order valence-corrected chi connectivity index (χ1v) is 8.46. The first kappa shape index (κ1) is 17.1. The second kappa shape index (κ2) is 6.49. The van der Waals surface area contributed by atoms with Gasteiger partial charge in [0, 0.05) is 19.1 Å². The smallest absolute Gasteiger partial charge is 0.258 e. The highest BCUT2D eigenvalue weighted by molar-refractivity contribution is 7.89. The minimum atomic E-state index is -3.53. The molecule has 0 unspecified atom stereocenters. The standard InChI is InChI=1S/C13H18N4O3S.ClH/c1-2-12-11-7-10(8-15-13(11)20-16-12)21(18,19)17-5-3-9(14)4-6-17;/h7-9H,2-6,14H2,1H3;1H. The fraction of sp³-hybridized carbons (Fsp3) is 0.538. The van der Waals surface area contributed by atoms with E-state index in [1.807, 2.05) is 6.92 Å². The van der Waals surface area contributed by atoms with Crippen molar-refractivity contribution in [1.29, 1.82) is 0 Å². The number of halogens is 1. The molecule has 0 aromatic carbocycles. The lowest BCUT2D eigenvalue weighted by molar-refractivity contribution is 0.320. The summed E-state index contributed by atoms with van der Waals surface area (Å²) in [7, 11) is -3.53. The molecule has 0 saturated carbocycles. The van der Waals surface area contributed by atoms with Crippen LogP contribution in [0.5, 0.6) is 0 Å². The molecule has 0 atom stereocenters. The van der Waals surface area contributed by atoms with E-state index < -0.39 is 10.0 Å². The Morgan fingerprint density at radius 3 is 2.73 bits per heavy atom. The number of piperidine rings is 1. The summed E-state index contributed by atoms with van der Waals surface area (Å²) >= 11 is 0. The van der Waals surface area contributed by atoms with Gasteiger partial charge in [-0.15, -0.1) is 12.4 Å². The second-order valence-corrected chi connectivity index (χ2v) is 7.19. The molecule has 7 nitrogen and oxygen atoms in total. The van der Waals surface area contributed by atoms with Gasteiger partial charge in [-0.2, -0.15) is 4.31 Å². The second-order valence-electron chi connectivity index (χ2n) is 5.25. The van der Waals surface area contributed by atoms with Gasteiger partial charge in [0.05, 0.1) is 17.3 Å². The third-order valence-electron chi connectivity index (χ3n) is 3.85. The third-order valence-corrected chi connectivity index (χ3v) is 5.71. The highest BCUT2D eigenvalue weighted by Crippen LogP contribution is 2.24. The van der Waals surface area contributed by atoms with Crippen LogP contribution in [0.3, 0.4) is 0 Å². The van der Waals surface area contributed by atoms with Crippen LogP contribution in [-0.4, -0.2) is 42.0 Å². The highest BCUT2D eigenvalue weighted by atomic mass is 35.5. The number of pyridine rings is 1. The summed E-state index contributed by atoms with van der Waals surface area (Å²) in [6.07, 6.45) is 3.36. The summed E-state index contributed by atoms with van der Waals surface area (Å²) in [6, 6.07) is 1.68. The predicted molar refractivity (Wildman–Crippen MR) is 84.4 cm³/mol. The predicted octanol–water partition coefficient (Wildman–Crippen LogP) is 1.32. The average molecular weight is 347 g/mol. The first-order chi connectivity index (χ1) is 10.0. The van der Waals surface area contributed by atoms with Gasteiger partial charge in [-0.05, 0) is 25.3 Å². The van der Waals surface area contributed by atoms with Crippen molar-refractivity contribution < 1.29 is 12.9 Å². The number of aryl methyl sites for hydroxylation is 1. The Kier molecular flexibility index (Phi) is 5.06. The molecule has 122 valence electrons. The van der Waals surface area contributed by atoms with E-state index in [0.29, 0.717) is 43.5 Å². The number of rotatable bonds is 3. The molecule has 0 bridgehead atoms. The number of fused-ring (bicyclic) bond motifs is 1. The van der Waals surface area contributed by atoms with Crippen molar-refractivity contribution in [1.82, 2.24) is 14.4 Å². The fourth-order valence-corrected chi connectivity index (χ4v) is 3.96. The molecule has 0 spiro atoms. The van der Waals surface area contributed by atoms with Gasteiger partial charge >= 0.3 is 0 Å². The van der Waals surface area contributed by atoms with E-state index in [1.54, 1.807) is 6.07 Å². The summed E-state index contributed by atoms with van der Waals surface area (Å²) < 4.78 is 31.9. The van der Waals surface area contributed by atoms with Crippen LogP contribution in [-0.2, 0) is 16.4 Å². The molecule has 1 aliphatic rings. The van der Waals surface area contributed by atoms with Crippen LogP contribution in [0.2, 0.25) is 0 Å². The van der Waals surface area contributed by atoms with Crippen LogP contribution in [0.25, 0.3) is 11.1 Å². The van der Waals surface area contributed by atoms with Gasteiger partial charge in [0.15, 0.2) is 0 Å². The van der Waals surface area contributed by atoms with Crippen molar-refractivity contribution >= 4 is 33.5 Å². The lowest BCUT2D eigenvalue weighted by Gasteiger charge is -2.29. The van der Waals surface area contributed by atoms with Gasteiger partial charge in [-0.1, -0.05) is 12.1 Å². The molecular weight excluding hydrogens is 328 g/mol. The summed E-state index contributed by atoms with van der Waals surface area (Å²) in [5, 5.41) is 4.56. The number of hydrogen-bond donors (Lipinski definition) is 1. The molecule has 2 aromatic rings. The first-order valence-electron chi connectivity index (χ1n) is 7.02. The van der Waals surface area contributed by atoms with E-state index in [-0.39, 0.29) is 23.3 Å². The van der Waals surface area contributed by atoms with E-state index >= 15 is 0 Å². The molecule has 0 radical (unpaired) electrons. The topological polar surface area (TPSA) is 102 Å². The number of hydrogen-bond acceptors (Lipinski definition) is 6. The fourth-order valence-electron chi connectivity index (χ4n) is 2.52. The number of nitrogens with zero attached hydrogens (tertiary/aromatic N) is 3. The minimum absolute atomic E-state index is 0. The van der Waals surface area contributed by atoms with Crippen molar-refractivity contribution in [3.05, 3.63) is 18.0 Å². The molecule has 2 N–H and O–H groups in total. The molecule has 22 heavy (non-hydrogen) atoms. The molecular formula is C13H19ClN4O3S. The van der Waals surface area contributed by atoms with E-state index in [0.717, 1.165) is 5.69 Å². The minimum Gasteiger partial charge on any atom is -0.336 e. The van der Waals surface area contributed by atoms with Gasteiger partial charge in [0.1, 0.15) is 4.90 Å². The quantitative estimate of drug-likeness (QED) is 0.899.